The van der Waals surface area contributed by atoms with Gasteiger partial charge in [-0.05, 0) is 31.5 Å². The van der Waals surface area contributed by atoms with E-state index in [1.807, 2.05) is 13.8 Å². The number of nitrogens with one attached hydrogen (secondary N) is 1. The summed E-state index contributed by atoms with van der Waals surface area (Å²) >= 11 is 3.49. The highest BCUT2D eigenvalue weighted by Crippen LogP contribution is 2.37. The molecule has 2 aromatic rings. The van der Waals surface area contributed by atoms with Crippen LogP contribution in [0.2, 0.25) is 0 Å². The van der Waals surface area contributed by atoms with Crippen LogP contribution in [0.15, 0.2) is 22.7 Å². The second-order valence-electron chi connectivity index (χ2n) is 5.11. The minimum Gasteiger partial charge on any atom is -0.344 e. The number of hydrogen-bond donors (Lipinski definition) is 2. The average Bonchev–Trinajstić information content (AvgIpc) is 2.72. The first-order valence-corrected chi connectivity index (χ1v) is 6.41. The molecule has 1 aliphatic rings. The Morgan fingerprint density at radius 1 is 1.41 bits per heavy atom. The number of nitrogens with two attached hydrogens (primary N) is 1. The highest BCUT2D eigenvalue weighted by Gasteiger charge is 2.27. The van der Waals surface area contributed by atoms with Gasteiger partial charge < -0.3 is 10.7 Å². The van der Waals surface area contributed by atoms with E-state index in [9.17, 15) is 0 Å². The largest absolute Gasteiger partial charge is 0.344 e. The molecule has 0 atom stereocenters. The third kappa shape index (κ3) is 1.72. The molecule has 0 saturated heterocycles. The molecule has 4 heteroatoms. The fourth-order valence-electron chi connectivity index (χ4n) is 2.20. The summed E-state index contributed by atoms with van der Waals surface area (Å²) in [6, 6.07) is 6.31. The van der Waals surface area contributed by atoms with E-state index in [4.69, 9.17) is 5.73 Å². The zero-order valence-electron chi connectivity index (χ0n) is 9.84. The first-order valence-electron chi connectivity index (χ1n) is 5.62. The molecule has 3 rings (SSSR count). The van der Waals surface area contributed by atoms with E-state index >= 15 is 0 Å². The molecular weight excluding hydrogens is 278 g/mol. The van der Waals surface area contributed by atoms with E-state index in [1.165, 1.54) is 16.8 Å². The van der Waals surface area contributed by atoms with Crippen LogP contribution in [-0.2, 0) is 12.0 Å². The van der Waals surface area contributed by atoms with E-state index in [1.54, 1.807) is 0 Å². The van der Waals surface area contributed by atoms with Crippen LogP contribution < -0.4 is 5.73 Å². The molecule has 0 unspecified atom stereocenters. The maximum absolute atomic E-state index is 6.06. The van der Waals surface area contributed by atoms with Crippen LogP contribution in [0, 0.1) is 0 Å². The van der Waals surface area contributed by atoms with Crippen LogP contribution in [0.1, 0.15) is 30.9 Å². The molecule has 0 saturated carbocycles. The monoisotopic (exact) mass is 291 g/mol. The second kappa shape index (κ2) is 3.43. The molecule has 3 N–H and O–H groups in total. The van der Waals surface area contributed by atoms with E-state index < -0.39 is 5.54 Å². The number of imidazole rings is 1. The topological polar surface area (TPSA) is 54.7 Å². The van der Waals surface area contributed by atoms with Gasteiger partial charge in [-0.3, -0.25) is 0 Å². The summed E-state index contributed by atoms with van der Waals surface area (Å²) in [5.41, 5.74) is 10.4. The minimum absolute atomic E-state index is 0.417. The molecule has 88 valence electrons. The van der Waals surface area contributed by atoms with E-state index in [-0.39, 0.29) is 0 Å². The van der Waals surface area contributed by atoms with Gasteiger partial charge >= 0.3 is 0 Å². The third-order valence-electron chi connectivity index (χ3n) is 3.08. The second-order valence-corrected chi connectivity index (χ2v) is 6.03. The van der Waals surface area contributed by atoms with Crippen molar-refractivity contribution in [1.29, 1.82) is 0 Å². The Kier molecular flexibility index (Phi) is 2.22. The SMILES string of the molecule is CC(C)(N)c1nc2c([nH]1)Cc1cc(Br)ccc1-2. The van der Waals surface area contributed by atoms with Crippen molar-refractivity contribution in [3.8, 4) is 11.3 Å². The Morgan fingerprint density at radius 3 is 2.88 bits per heavy atom. The quantitative estimate of drug-likeness (QED) is 0.724. The predicted molar refractivity (Wildman–Crippen MR) is 71.7 cm³/mol. The van der Waals surface area contributed by atoms with Gasteiger partial charge in [0, 0.05) is 22.2 Å². The molecule has 0 amide bonds. The molecule has 1 aromatic carbocycles. The molecule has 0 bridgehead atoms. The lowest BCUT2D eigenvalue weighted by Crippen LogP contribution is -2.30. The van der Waals surface area contributed by atoms with Crippen molar-refractivity contribution in [2.75, 3.05) is 0 Å². The molecular formula is C13H14BrN3. The fraction of sp³-hybridized carbons (Fsp3) is 0.308. The van der Waals surface area contributed by atoms with Crippen LogP contribution in [0.3, 0.4) is 0 Å². The van der Waals surface area contributed by atoms with E-state index in [0.717, 1.165) is 22.4 Å². The Hall–Kier alpha value is -1.13. The molecule has 0 spiro atoms. The van der Waals surface area contributed by atoms with Crippen LogP contribution in [0.25, 0.3) is 11.3 Å². The Morgan fingerprint density at radius 2 is 2.18 bits per heavy atom. The number of fused-ring (bicyclic) bond motifs is 3. The average molecular weight is 292 g/mol. The van der Waals surface area contributed by atoms with Crippen molar-refractivity contribution < 1.29 is 0 Å². The molecule has 1 aromatic heterocycles. The van der Waals surface area contributed by atoms with Crippen molar-refractivity contribution in [3.63, 3.8) is 0 Å². The lowest BCUT2D eigenvalue weighted by Gasteiger charge is -2.14. The fourth-order valence-corrected chi connectivity index (χ4v) is 2.60. The molecule has 17 heavy (non-hydrogen) atoms. The van der Waals surface area contributed by atoms with Gasteiger partial charge in [0.05, 0.1) is 11.2 Å². The number of rotatable bonds is 1. The maximum atomic E-state index is 6.06. The van der Waals surface area contributed by atoms with Gasteiger partial charge in [0.25, 0.3) is 0 Å². The van der Waals surface area contributed by atoms with Crippen LogP contribution in [-0.4, -0.2) is 9.97 Å². The zero-order chi connectivity index (χ0) is 12.2. The van der Waals surface area contributed by atoms with Gasteiger partial charge in [-0.25, -0.2) is 4.98 Å². The van der Waals surface area contributed by atoms with Crippen molar-refractivity contribution in [2.24, 2.45) is 5.73 Å². The standard InChI is InChI=1S/C13H14BrN3/c1-13(2,15)12-16-10-6-7-5-8(14)3-4-9(7)11(10)17-12/h3-5H,6,15H2,1-2H3,(H,16,17). The molecule has 1 heterocycles. The zero-order valence-corrected chi connectivity index (χ0v) is 11.4. The maximum Gasteiger partial charge on any atom is 0.126 e. The number of halogens is 1. The van der Waals surface area contributed by atoms with Gasteiger partial charge in [-0.1, -0.05) is 22.0 Å². The van der Waals surface area contributed by atoms with Gasteiger partial charge in [-0.2, -0.15) is 0 Å². The van der Waals surface area contributed by atoms with Crippen molar-refractivity contribution in [2.45, 2.75) is 25.8 Å². The summed E-state index contributed by atoms with van der Waals surface area (Å²) in [6.07, 6.45) is 0.910. The summed E-state index contributed by atoms with van der Waals surface area (Å²) in [4.78, 5) is 7.99. The normalized spacial score (nSPS) is 13.6. The number of benzene rings is 1. The highest BCUT2D eigenvalue weighted by atomic mass is 79.9. The number of aromatic amines is 1. The molecule has 0 aliphatic heterocycles. The number of hydrogen-bond acceptors (Lipinski definition) is 2. The highest BCUT2D eigenvalue weighted by molar-refractivity contribution is 9.10. The van der Waals surface area contributed by atoms with Crippen LogP contribution in [0.4, 0.5) is 0 Å². The number of aromatic nitrogens is 2. The minimum atomic E-state index is -0.417. The van der Waals surface area contributed by atoms with Gasteiger partial charge in [-0.15, -0.1) is 0 Å². The van der Waals surface area contributed by atoms with Gasteiger partial charge in [0.15, 0.2) is 0 Å². The first kappa shape index (κ1) is 11.0. The van der Waals surface area contributed by atoms with E-state index in [0.29, 0.717) is 0 Å². The Bertz CT molecular complexity index is 593. The summed E-state index contributed by atoms with van der Waals surface area (Å²) < 4.78 is 1.11. The van der Waals surface area contributed by atoms with Crippen molar-refractivity contribution in [1.82, 2.24) is 9.97 Å². The molecule has 0 radical (unpaired) electrons. The Labute approximate surface area is 109 Å². The molecule has 0 fully saturated rings. The van der Waals surface area contributed by atoms with E-state index in [2.05, 4.69) is 44.1 Å². The first-order chi connectivity index (χ1) is 7.95. The van der Waals surface area contributed by atoms with Crippen LogP contribution in [0.5, 0.6) is 0 Å². The summed E-state index contributed by atoms with van der Waals surface area (Å²) in [5, 5.41) is 0. The summed E-state index contributed by atoms with van der Waals surface area (Å²) in [5.74, 6) is 0.857. The third-order valence-corrected chi connectivity index (χ3v) is 3.57. The van der Waals surface area contributed by atoms with Crippen molar-refractivity contribution in [3.05, 3.63) is 39.8 Å². The van der Waals surface area contributed by atoms with Gasteiger partial charge in [0.1, 0.15) is 5.82 Å². The lowest BCUT2D eigenvalue weighted by atomic mass is 10.1. The molecule has 1 aliphatic carbocycles. The number of H-pyrrole nitrogens is 1. The summed E-state index contributed by atoms with van der Waals surface area (Å²) in [7, 11) is 0. The lowest BCUT2D eigenvalue weighted by molar-refractivity contribution is 0.519. The van der Waals surface area contributed by atoms with Crippen LogP contribution >= 0.6 is 15.9 Å². The summed E-state index contributed by atoms with van der Waals surface area (Å²) in [6.45, 7) is 3.92. The van der Waals surface area contributed by atoms with Crippen molar-refractivity contribution >= 4 is 15.9 Å². The molecule has 3 nitrogen and oxygen atoms in total. The number of nitrogens with zero attached hydrogens (tertiary/aromatic N) is 1. The smallest absolute Gasteiger partial charge is 0.126 e. The predicted octanol–water partition coefficient (Wildman–Crippen LogP) is 2.94. The Balaban J connectivity index is 2.13. The van der Waals surface area contributed by atoms with Gasteiger partial charge in [0.2, 0.25) is 0 Å².